The van der Waals surface area contributed by atoms with E-state index in [1.165, 1.54) is 0 Å². The SMILES string of the molecule is O=C(NCCCn1nnc2ccccc21)[C@@H]1CCCN(Cc2ccco2)C1. The third-order valence-electron chi connectivity index (χ3n) is 5.10. The van der Waals surface area contributed by atoms with Gasteiger partial charge >= 0.3 is 0 Å². The molecule has 1 aromatic carbocycles. The van der Waals surface area contributed by atoms with Crippen molar-refractivity contribution >= 4 is 16.9 Å². The molecular formula is C20H25N5O2. The molecule has 0 unspecified atom stereocenters. The number of para-hydroxylation sites is 1. The molecule has 1 atom stereocenters. The number of likely N-dealkylation sites (tertiary alicyclic amines) is 1. The second-order valence-electron chi connectivity index (χ2n) is 7.10. The zero-order chi connectivity index (χ0) is 18.5. The quantitative estimate of drug-likeness (QED) is 0.649. The predicted molar refractivity (Wildman–Crippen MR) is 102 cm³/mol. The number of amides is 1. The number of hydrogen-bond acceptors (Lipinski definition) is 5. The molecule has 1 N–H and O–H groups in total. The van der Waals surface area contributed by atoms with Crippen molar-refractivity contribution in [2.45, 2.75) is 32.4 Å². The highest BCUT2D eigenvalue weighted by atomic mass is 16.3. The van der Waals surface area contributed by atoms with Gasteiger partial charge < -0.3 is 9.73 Å². The van der Waals surface area contributed by atoms with Crippen LogP contribution in [0.2, 0.25) is 0 Å². The number of nitrogens with one attached hydrogen (secondary N) is 1. The normalized spacial score (nSPS) is 18.0. The molecule has 27 heavy (non-hydrogen) atoms. The fourth-order valence-electron chi connectivity index (χ4n) is 3.70. The van der Waals surface area contributed by atoms with Gasteiger partial charge in [0, 0.05) is 19.6 Å². The van der Waals surface area contributed by atoms with Crippen LogP contribution in [0.3, 0.4) is 0 Å². The minimum atomic E-state index is 0.0564. The van der Waals surface area contributed by atoms with Gasteiger partial charge in [0.2, 0.25) is 5.91 Å². The molecule has 3 heterocycles. The van der Waals surface area contributed by atoms with E-state index in [0.717, 1.165) is 62.2 Å². The number of aromatic nitrogens is 3. The molecule has 0 aliphatic carbocycles. The highest BCUT2D eigenvalue weighted by Crippen LogP contribution is 2.19. The van der Waals surface area contributed by atoms with Crippen LogP contribution in [0.25, 0.3) is 11.0 Å². The molecule has 3 aromatic rings. The van der Waals surface area contributed by atoms with E-state index in [1.807, 2.05) is 41.1 Å². The monoisotopic (exact) mass is 367 g/mol. The molecular weight excluding hydrogens is 342 g/mol. The predicted octanol–water partition coefficient (Wildman–Crippen LogP) is 2.44. The lowest BCUT2D eigenvalue weighted by Crippen LogP contribution is -2.43. The lowest BCUT2D eigenvalue weighted by atomic mass is 9.97. The number of hydrogen-bond donors (Lipinski definition) is 1. The Kier molecular flexibility index (Phi) is 5.48. The molecule has 1 aliphatic heterocycles. The number of fused-ring (bicyclic) bond motifs is 1. The van der Waals surface area contributed by atoms with Crippen LogP contribution in [-0.2, 0) is 17.9 Å². The van der Waals surface area contributed by atoms with Crippen LogP contribution in [0.1, 0.15) is 25.0 Å². The van der Waals surface area contributed by atoms with Gasteiger partial charge in [-0.1, -0.05) is 17.3 Å². The van der Waals surface area contributed by atoms with Crippen molar-refractivity contribution in [3.63, 3.8) is 0 Å². The number of furan rings is 1. The molecule has 4 rings (SSSR count). The van der Waals surface area contributed by atoms with Gasteiger partial charge in [0.15, 0.2) is 0 Å². The van der Waals surface area contributed by atoms with Gasteiger partial charge in [0.25, 0.3) is 0 Å². The Morgan fingerprint density at radius 2 is 2.19 bits per heavy atom. The molecule has 142 valence electrons. The van der Waals surface area contributed by atoms with Gasteiger partial charge in [-0.15, -0.1) is 5.10 Å². The van der Waals surface area contributed by atoms with Gasteiger partial charge in [-0.2, -0.15) is 0 Å². The molecule has 2 aromatic heterocycles. The average molecular weight is 367 g/mol. The number of benzene rings is 1. The highest BCUT2D eigenvalue weighted by molar-refractivity contribution is 5.79. The van der Waals surface area contributed by atoms with E-state index < -0.39 is 0 Å². The highest BCUT2D eigenvalue weighted by Gasteiger charge is 2.25. The van der Waals surface area contributed by atoms with Crippen molar-refractivity contribution in [2.24, 2.45) is 5.92 Å². The Bertz CT molecular complexity index is 874. The van der Waals surface area contributed by atoms with Crippen LogP contribution in [0.15, 0.2) is 47.1 Å². The summed E-state index contributed by atoms with van der Waals surface area (Å²) in [6.45, 7) is 3.98. The van der Waals surface area contributed by atoms with Crippen molar-refractivity contribution < 1.29 is 9.21 Å². The van der Waals surface area contributed by atoms with Crippen LogP contribution in [0, 0.1) is 5.92 Å². The summed E-state index contributed by atoms with van der Waals surface area (Å²) in [5.74, 6) is 1.17. The summed E-state index contributed by atoms with van der Waals surface area (Å²) in [4.78, 5) is 14.8. The first-order valence-corrected chi connectivity index (χ1v) is 9.60. The number of piperidine rings is 1. The van der Waals surface area contributed by atoms with Gasteiger partial charge in [0.1, 0.15) is 11.3 Å². The molecule has 1 aliphatic rings. The first-order valence-electron chi connectivity index (χ1n) is 9.60. The van der Waals surface area contributed by atoms with E-state index in [4.69, 9.17) is 4.42 Å². The maximum absolute atomic E-state index is 12.5. The smallest absolute Gasteiger partial charge is 0.224 e. The Morgan fingerprint density at radius 1 is 1.26 bits per heavy atom. The van der Waals surface area contributed by atoms with E-state index in [2.05, 4.69) is 20.5 Å². The van der Waals surface area contributed by atoms with Gasteiger partial charge in [0.05, 0.1) is 24.2 Å². The minimum Gasteiger partial charge on any atom is -0.468 e. The lowest BCUT2D eigenvalue weighted by molar-refractivity contribution is -0.126. The van der Waals surface area contributed by atoms with Crippen molar-refractivity contribution in [3.8, 4) is 0 Å². The summed E-state index contributed by atoms with van der Waals surface area (Å²) in [5, 5.41) is 11.4. The molecule has 7 heteroatoms. The van der Waals surface area contributed by atoms with Gasteiger partial charge in [-0.05, 0) is 50.1 Å². The zero-order valence-corrected chi connectivity index (χ0v) is 15.4. The van der Waals surface area contributed by atoms with Crippen molar-refractivity contribution in [3.05, 3.63) is 48.4 Å². The fourth-order valence-corrected chi connectivity index (χ4v) is 3.70. The molecule has 7 nitrogen and oxygen atoms in total. The summed E-state index contributed by atoms with van der Waals surface area (Å²) in [6, 6.07) is 11.8. The van der Waals surface area contributed by atoms with E-state index in [1.54, 1.807) is 6.26 Å². The van der Waals surface area contributed by atoms with Crippen molar-refractivity contribution in [2.75, 3.05) is 19.6 Å². The molecule has 0 radical (unpaired) electrons. The first kappa shape index (κ1) is 17.7. The molecule has 1 fully saturated rings. The average Bonchev–Trinajstić information content (AvgIpc) is 3.35. The van der Waals surface area contributed by atoms with Crippen molar-refractivity contribution in [1.82, 2.24) is 25.2 Å². The fraction of sp³-hybridized carbons (Fsp3) is 0.450. The molecule has 0 saturated carbocycles. The van der Waals surface area contributed by atoms with Crippen LogP contribution in [0.4, 0.5) is 0 Å². The number of carbonyl (C=O) groups is 1. The van der Waals surface area contributed by atoms with E-state index in [-0.39, 0.29) is 11.8 Å². The minimum absolute atomic E-state index is 0.0564. The number of aryl methyl sites for hydroxylation is 1. The third-order valence-corrected chi connectivity index (χ3v) is 5.10. The number of rotatable bonds is 7. The van der Waals surface area contributed by atoms with E-state index in [9.17, 15) is 4.79 Å². The summed E-state index contributed by atoms with van der Waals surface area (Å²) in [5.41, 5.74) is 1.94. The standard InChI is InChI=1S/C20H25N5O2/c26-20(16-6-3-11-24(14-16)15-17-7-4-13-27-17)21-10-5-12-25-19-9-2-1-8-18(19)22-23-25/h1-2,4,7-9,13,16H,3,5-6,10-12,14-15H2,(H,21,26)/t16-/m1/s1. The van der Waals surface area contributed by atoms with Crippen LogP contribution in [-0.4, -0.2) is 45.4 Å². The molecule has 0 spiro atoms. The maximum atomic E-state index is 12.5. The zero-order valence-electron chi connectivity index (χ0n) is 15.4. The topological polar surface area (TPSA) is 76.2 Å². The molecule has 1 amide bonds. The first-order chi connectivity index (χ1) is 13.3. The number of nitrogens with zero attached hydrogens (tertiary/aromatic N) is 4. The summed E-state index contributed by atoms with van der Waals surface area (Å²) in [6.07, 6.45) is 4.53. The van der Waals surface area contributed by atoms with Crippen LogP contribution < -0.4 is 5.32 Å². The second kappa shape index (κ2) is 8.35. The van der Waals surface area contributed by atoms with Gasteiger partial charge in [-0.25, -0.2) is 4.68 Å². The Balaban J connectivity index is 1.22. The van der Waals surface area contributed by atoms with Crippen LogP contribution in [0.5, 0.6) is 0 Å². The van der Waals surface area contributed by atoms with E-state index in [0.29, 0.717) is 6.54 Å². The maximum Gasteiger partial charge on any atom is 0.224 e. The van der Waals surface area contributed by atoms with Crippen LogP contribution >= 0.6 is 0 Å². The van der Waals surface area contributed by atoms with E-state index >= 15 is 0 Å². The Morgan fingerprint density at radius 3 is 3.07 bits per heavy atom. The van der Waals surface area contributed by atoms with Crippen molar-refractivity contribution in [1.29, 1.82) is 0 Å². The molecule has 0 bridgehead atoms. The lowest BCUT2D eigenvalue weighted by Gasteiger charge is -2.31. The summed E-state index contributed by atoms with van der Waals surface area (Å²) >= 11 is 0. The molecule has 1 saturated heterocycles. The Labute approximate surface area is 158 Å². The summed E-state index contributed by atoms with van der Waals surface area (Å²) in [7, 11) is 0. The number of carbonyl (C=O) groups excluding carboxylic acids is 1. The second-order valence-corrected chi connectivity index (χ2v) is 7.10. The van der Waals surface area contributed by atoms with Gasteiger partial charge in [-0.3, -0.25) is 9.69 Å². The largest absolute Gasteiger partial charge is 0.468 e. The third kappa shape index (κ3) is 4.36. The Hall–Kier alpha value is -2.67. The summed E-state index contributed by atoms with van der Waals surface area (Å²) < 4.78 is 7.32.